The van der Waals surface area contributed by atoms with Crippen molar-refractivity contribution < 1.29 is 5.11 Å². The Kier molecular flexibility index (Phi) is 6.62. The number of anilines is 2. The Morgan fingerprint density at radius 1 is 1.06 bits per heavy atom. The van der Waals surface area contributed by atoms with Gasteiger partial charge in [-0.2, -0.15) is 5.10 Å². The highest BCUT2D eigenvalue weighted by atomic mass is 35.5. The molecule has 1 aliphatic rings. The van der Waals surface area contributed by atoms with Crippen LogP contribution in [0.5, 0.6) is 0 Å². The summed E-state index contributed by atoms with van der Waals surface area (Å²) in [5.74, 6) is 0. The Morgan fingerprint density at radius 2 is 1.81 bits per heavy atom. The minimum absolute atomic E-state index is 0.206. The van der Waals surface area contributed by atoms with Crippen LogP contribution in [-0.2, 0) is 12.1 Å². The first-order valence-corrected chi connectivity index (χ1v) is 11.4. The molecule has 3 N–H and O–H groups in total. The highest BCUT2D eigenvalue weighted by Gasteiger charge is 2.39. The highest BCUT2D eigenvalue weighted by Crippen LogP contribution is 2.34. The van der Waals surface area contributed by atoms with Crippen LogP contribution in [0.3, 0.4) is 0 Å². The van der Waals surface area contributed by atoms with E-state index >= 15 is 0 Å². The number of hydrogen-bond acceptors (Lipinski definition) is 6. The van der Waals surface area contributed by atoms with Crippen molar-refractivity contribution in [1.82, 2.24) is 19.7 Å². The molecule has 1 saturated heterocycles. The number of aliphatic hydroxyl groups is 1. The summed E-state index contributed by atoms with van der Waals surface area (Å²) < 4.78 is 1.63. The van der Waals surface area contributed by atoms with Crippen LogP contribution >= 0.6 is 23.2 Å². The molecule has 4 rings (SSSR count). The van der Waals surface area contributed by atoms with Gasteiger partial charge in [-0.1, -0.05) is 29.3 Å². The van der Waals surface area contributed by atoms with Gasteiger partial charge < -0.3 is 15.7 Å². The largest absolute Gasteiger partial charge is 0.399 e. The van der Waals surface area contributed by atoms with Crippen molar-refractivity contribution in [3.8, 4) is 0 Å². The Bertz CT molecular complexity index is 1050. The van der Waals surface area contributed by atoms with Gasteiger partial charge in [0.2, 0.25) is 0 Å². The van der Waals surface area contributed by atoms with E-state index < -0.39 is 5.60 Å². The van der Waals surface area contributed by atoms with Gasteiger partial charge in [-0.15, -0.1) is 0 Å². The Balaban J connectivity index is 1.59. The lowest BCUT2D eigenvalue weighted by Gasteiger charge is -2.47. The van der Waals surface area contributed by atoms with Gasteiger partial charge in [0.1, 0.15) is 18.3 Å². The van der Waals surface area contributed by atoms with Crippen molar-refractivity contribution in [3.05, 3.63) is 70.7 Å². The molecule has 1 aromatic heterocycles. The van der Waals surface area contributed by atoms with Gasteiger partial charge in [-0.05, 0) is 50.2 Å². The molecule has 32 heavy (non-hydrogen) atoms. The van der Waals surface area contributed by atoms with Crippen molar-refractivity contribution in [2.75, 3.05) is 30.3 Å². The number of hydrogen-bond donors (Lipinski definition) is 2. The van der Waals surface area contributed by atoms with E-state index in [-0.39, 0.29) is 18.6 Å². The zero-order chi connectivity index (χ0) is 22.9. The van der Waals surface area contributed by atoms with Crippen LogP contribution < -0.4 is 10.6 Å². The first kappa shape index (κ1) is 22.9. The first-order chi connectivity index (χ1) is 15.2. The molecule has 3 aromatic rings. The fourth-order valence-corrected chi connectivity index (χ4v) is 5.03. The summed E-state index contributed by atoms with van der Waals surface area (Å²) in [4.78, 5) is 8.70. The number of rotatable bonds is 6. The van der Waals surface area contributed by atoms with E-state index in [9.17, 15) is 5.11 Å². The molecule has 3 atom stereocenters. The molecular formula is C23H28Cl2N6O. The van der Waals surface area contributed by atoms with Crippen LogP contribution in [0.15, 0.2) is 55.1 Å². The standard InChI is InChI=1S/C23H28Cl2N6O/c1-16-11-31(20-6-4-19(26)5-7-20)17(2)10-29(16)12-23(32,13-30-15-27-14-28-30)21-8-3-18(24)9-22(21)25/h3-9,14-17,32H,10-13,26H2,1-2H3/t16-,17-,23?/m1/s1. The topological polar surface area (TPSA) is 83.4 Å². The summed E-state index contributed by atoms with van der Waals surface area (Å²) >= 11 is 12.6. The molecule has 2 aromatic carbocycles. The van der Waals surface area contributed by atoms with Gasteiger partial charge in [0.05, 0.1) is 6.54 Å². The van der Waals surface area contributed by atoms with Crippen LogP contribution in [-0.4, -0.2) is 56.5 Å². The summed E-state index contributed by atoms with van der Waals surface area (Å²) in [7, 11) is 0. The maximum absolute atomic E-state index is 11.9. The highest BCUT2D eigenvalue weighted by molar-refractivity contribution is 6.35. The number of nitrogen functional groups attached to an aromatic ring is 1. The minimum Gasteiger partial charge on any atom is -0.399 e. The fourth-order valence-electron chi connectivity index (χ4n) is 4.45. The lowest BCUT2D eigenvalue weighted by atomic mass is 9.91. The van der Waals surface area contributed by atoms with Gasteiger partial charge in [0.15, 0.2) is 0 Å². The summed E-state index contributed by atoms with van der Waals surface area (Å²) in [6.45, 7) is 6.62. The monoisotopic (exact) mass is 474 g/mol. The second-order valence-electron chi connectivity index (χ2n) is 8.62. The van der Waals surface area contributed by atoms with E-state index in [2.05, 4.69) is 45.9 Å². The number of piperazine rings is 1. The Morgan fingerprint density at radius 3 is 2.47 bits per heavy atom. The van der Waals surface area contributed by atoms with Gasteiger partial charge >= 0.3 is 0 Å². The number of nitrogens with two attached hydrogens (primary N) is 1. The summed E-state index contributed by atoms with van der Waals surface area (Å²) in [6.07, 6.45) is 3.06. The molecule has 0 aliphatic carbocycles. The smallest absolute Gasteiger partial charge is 0.137 e. The van der Waals surface area contributed by atoms with Crippen LogP contribution in [0.4, 0.5) is 11.4 Å². The third-order valence-corrected chi connectivity index (χ3v) is 6.67. The molecule has 0 radical (unpaired) electrons. The molecule has 170 valence electrons. The minimum atomic E-state index is -1.27. The Labute approximate surface area is 198 Å². The summed E-state index contributed by atoms with van der Waals surface area (Å²) in [5, 5.41) is 17.1. The lowest BCUT2D eigenvalue weighted by Crippen LogP contribution is -2.59. The molecule has 7 nitrogen and oxygen atoms in total. The normalized spacial score (nSPS) is 21.5. The van der Waals surface area contributed by atoms with Gasteiger partial charge in [-0.3, -0.25) is 4.90 Å². The maximum Gasteiger partial charge on any atom is 0.137 e. The zero-order valence-corrected chi connectivity index (χ0v) is 19.7. The maximum atomic E-state index is 11.9. The fraction of sp³-hybridized carbons (Fsp3) is 0.391. The first-order valence-electron chi connectivity index (χ1n) is 10.6. The van der Waals surface area contributed by atoms with Crippen molar-refractivity contribution in [2.24, 2.45) is 0 Å². The number of nitrogens with zero attached hydrogens (tertiary/aromatic N) is 5. The zero-order valence-electron chi connectivity index (χ0n) is 18.2. The number of aromatic nitrogens is 3. The lowest BCUT2D eigenvalue weighted by molar-refractivity contribution is -0.0328. The van der Waals surface area contributed by atoms with Crippen molar-refractivity contribution in [3.63, 3.8) is 0 Å². The van der Waals surface area contributed by atoms with Gasteiger partial charge in [0.25, 0.3) is 0 Å². The van der Waals surface area contributed by atoms with Gasteiger partial charge in [-0.25, -0.2) is 9.67 Å². The Hall–Kier alpha value is -2.32. The van der Waals surface area contributed by atoms with Crippen LogP contribution in [0.25, 0.3) is 0 Å². The molecule has 2 heterocycles. The van der Waals surface area contributed by atoms with Crippen molar-refractivity contribution in [1.29, 1.82) is 0 Å². The third-order valence-electron chi connectivity index (χ3n) is 6.13. The molecule has 0 spiro atoms. The van der Waals surface area contributed by atoms with E-state index in [1.54, 1.807) is 29.2 Å². The number of halogens is 2. The molecule has 1 unspecified atom stereocenters. The van der Waals surface area contributed by atoms with E-state index in [1.165, 1.54) is 6.33 Å². The molecule has 1 fully saturated rings. The van der Waals surface area contributed by atoms with E-state index in [4.69, 9.17) is 28.9 Å². The van der Waals surface area contributed by atoms with E-state index in [0.717, 1.165) is 24.5 Å². The van der Waals surface area contributed by atoms with Crippen molar-refractivity contribution in [2.45, 2.75) is 38.1 Å². The number of β-amino-alcohol motifs (C(OH)–C–C–N with tert-alkyl or cyclic N) is 1. The van der Waals surface area contributed by atoms with Crippen molar-refractivity contribution >= 4 is 34.6 Å². The van der Waals surface area contributed by atoms with Gasteiger partial charge in [0, 0.05) is 58.7 Å². The van der Waals surface area contributed by atoms with Crippen LogP contribution in [0.1, 0.15) is 19.4 Å². The predicted molar refractivity (Wildman–Crippen MR) is 129 cm³/mol. The second-order valence-corrected chi connectivity index (χ2v) is 9.46. The van der Waals surface area contributed by atoms with E-state index in [0.29, 0.717) is 22.2 Å². The average Bonchev–Trinajstić information content (AvgIpc) is 3.23. The molecule has 0 saturated carbocycles. The van der Waals surface area contributed by atoms with Crippen LogP contribution in [0, 0.1) is 0 Å². The third kappa shape index (κ3) is 4.86. The SMILES string of the molecule is C[C@@H]1CN(c2ccc(N)cc2)[C@H](C)CN1CC(O)(Cn1cncn1)c1ccc(Cl)cc1Cl. The van der Waals surface area contributed by atoms with Crippen LogP contribution in [0.2, 0.25) is 10.0 Å². The summed E-state index contributed by atoms with van der Waals surface area (Å²) in [5.41, 5.74) is 7.12. The quantitative estimate of drug-likeness (QED) is 0.530. The molecule has 1 aliphatic heterocycles. The molecule has 9 heteroatoms. The number of benzene rings is 2. The summed E-state index contributed by atoms with van der Waals surface area (Å²) in [6, 6.07) is 13.6. The van der Waals surface area contributed by atoms with E-state index in [1.807, 2.05) is 12.1 Å². The average molecular weight is 475 g/mol. The predicted octanol–water partition coefficient (Wildman–Crippen LogP) is 3.65. The molecule has 0 amide bonds. The molecule has 0 bridgehead atoms. The molecular weight excluding hydrogens is 447 g/mol. The second kappa shape index (κ2) is 9.27.